The van der Waals surface area contributed by atoms with Gasteiger partial charge >= 0.3 is 6.03 Å². The molecule has 0 aliphatic carbocycles. The average molecular weight is 603 g/mol. The number of carbonyl (C=O) groups excluding carboxylic acids is 6. The van der Waals surface area contributed by atoms with Crippen LogP contribution < -0.4 is 27.0 Å². The van der Waals surface area contributed by atoms with Crippen molar-refractivity contribution in [2.45, 2.75) is 70.7 Å². The summed E-state index contributed by atoms with van der Waals surface area (Å²) in [4.78, 5) is 75.0. The molecular formula is C29H42N6O6S. The molecule has 2 rings (SSSR count). The zero-order chi connectivity index (χ0) is 31.4. The fourth-order valence-corrected chi connectivity index (χ4v) is 4.48. The second-order valence-electron chi connectivity index (χ2n) is 11.0. The van der Waals surface area contributed by atoms with Crippen LogP contribution in [0.15, 0.2) is 36.4 Å². The number of anilines is 1. The second-order valence-corrected chi connectivity index (χ2v) is 11.6. The topological polar surface area (TPSA) is 180 Å². The number of carbonyl (C=O) groups is 6. The van der Waals surface area contributed by atoms with Crippen molar-refractivity contribution in [2.24, 2.45) is 17.6 Å². The highest BCUT2D eigenvalue weighted by atomic mass is 32.1. The quantitative estimate of drug-likeness (QED) is 0.0948. The molecular weight excluding hydrogens is 560 g/mol. The molecule has 0 unspecified atom stereocenters. The van der Waals surface area contributed by atoms with E-state index in [9.17, 15) is 28.8 Å². The fraction of sp³-hybridized carbons (Fsp3) is 0.517. The zero-order valence-electron chi connectivity index (χ0n) is 24.5. The van der Waals surface area contributed by atoms with Crippen LogP contribution in [0, 0.1) is 11.8 Å². The van der Waals surface area contributed by atoms with Gasteiger partial charge in [0.25, 0.3) is 11.8 Å². The normalized spacial score (nSPS) is 15.0. The third-order valence-corrected chi connectivity index (χ3v) is 7.04. The molecule has 1 aromatic carbocycles. The standard InChI is InChI=1S/C29H42N6O6S/c1-17(2)16-19-7-9-20(10-8-19)32-26(38)21(6-5-14-31-29(30)41)33-28(40)25(18(3)4)34-27(39)22(42)13-15-35-23(36)11-12-24(35)37/h7-12,17-18,21-22,25,42H,5-6,13-16H2,1-4H3,(H,32,38)(H,33,40)(H,34,39)(H3,30,31,41)/t21-,22+,25-/m0/s1. The maximum atomic E-state index is 13.3. The Morgan fingerprint density at radius 3 is 2.05 bits per heavy atom. The van der Waals surface area contributed by atoms with E-state index in [0.29, 0.717) is 18.0 Å². The molecule has 13 heteroatoms. The first-order chi connectivity index (χ1) is 19.8. The molecule has 1 aliphatic rings. The first-order valence-electron chi connectivity index (χ1n) is 14.0. The van der Waals surface area contributed by atoms with Gasteiger partial charge in [0.2, 0.25) is 17.7 Å². The number of hydrogen-bond donors (Lipinski definition) is 6. The van der Waals surface area contributed by atoms with E-state index in [0.717, 1.165) is 29.0 Å². The Labute approximate surface area is 252 Å². The van der Waals surface area contributed by atoms with E-state index in [-0.39, 0.29) is 31.8 Å². The van der Waals surface area contributed by atoms with Crippen molar-refractivity contribution in [1.29, 1.82) is 0 Å². The van der Waals surface area contributed by atoms with Gasteiger partial charge in [0.1, 0.15) is 12.1 Å². The molecule has 6 N–H and O–H groups in total. The largest absolute Gasteiger partial charge is 0.352 e. The maximum absolute atomic E-state index is 13.3. The minimum absolute atomic E-state index is 0.00479. The van der Waals surface area contributed by atoms with Gasteiger partial charge in [0.05, 0.1) is 5.25 Å². The Balaban J connectivity index is 2.05. The highest BCUT2D eigenvalue weighted by molar-refractivity contribution is 7.81. The van der Waals surface area contributed by atoms with E-state index in [1.807, 2.05) is 12.1 Å². The number of rotatable bonds is 16. The third-order valence-electron chi connectivity index (χ3n) is 6.54. The Morgan fingerprint density at radius 1 is 0.881 bits per heavy atom. The lowest BCUT2D eigenvalue weighted by atomic mass is 10.0. The summed E-state index contributed by atoms with van der Waals surface area (Å²) >= 11 is 4.30. The van der Waals surface area contributed by atoms with Crippen LogP contribution in [-0.4, -0.2) is 70.9 Å². The zero-order valence-corrected chi connectivity index (χ0v) is 25.4. The van der Waals surface area contributed by atoms with Crippen LogP contribution in [0.5, 0.6) is 0 Å². The van der Waals surface area contributed by atoms with Crippen LogP contribution in [0.4, 0.5) is 10.5 Å². The van der Waals surface area contributed by atoms with E-state index in [1.54, 1.807) is 26.0 Å². The van der Waals surface area contributed by atoms with Gasteiger partial charge in [-0.2, -0.15) is 12.6 Å². The predicted molar refractivity (Wildman–Crippen MR) is 162 cm³/mol. The van der Waals surface area contributed by atoms with Gasteiger partial charge in [-0.3, -0.25) is 28.9 Å². The summed E-state index contributed by atoms with van der Waals surface area (Å²) in [5.41, 5.74) is 6.83. The summed E-state index contributed by atoms with van der Waals surface area (Å²) in [6.45, 7) is 7.95. The number of thiol groups is 1. The molecule has 0 spiro atoms. The Hall–Kier alpha value is -3.87. The highest BCUT2D eigenvalue weighted by Gasteiger charge is 2.31. The Morgan fingerprint density at radius 2 is 1.50 bits per heavy atom. The summed E-state index contributed by atoms with van der Waals surface area (Å²) < 4.78 is 0. The van der Waals surface area contributed by atoms with Crippen molar-refractivity contribution in [3.05, 3.63) is 42.0 Å². The van der Waals surface area contributed by atoms with Crippen molar-refractivity contribution in [2.75, 3.05) is 18.4 Å². The third kappa shape index (κ3) is 11.2. The van der Waals surface area contributed by atoms with Gasteiger partial charge in [-0.25, -0.2) is 4.79 Å². The SMILES string of the molecule is CC(C)Cc1ccc(NC(=O)[C@H](CCCNC(N)=O)NC(=O)[C@@H](NC(=O)[C@H](S)CCN2C(=O)C=CC2=O)C(C)C)cc1. The number of amides is 7. The first kappa shape index (κ1) is 34.3. The number of primary amides is 1. The molecule has 12 nitrogen and oxygen atoms in total. The molecule has 7 amide bonds. The van der Waals surface area contributed by atoms with Crippen LogP contribution in [-0.2, 0) is 30.4 Å². The molecule has 0 radical (unpaired) electrons. The summed E-state index contributed by atoms with van der Waals surface area (Å²) in [5.74, 6) is -2.33. The van der Waals surface area contributed by atoms with Crippen molar-refractivity contribution in [1.82, 2.24) is 20.9 Å². The molecule has 230 valence electrons. The first-order valence-corrected chi connectivity index (χ1v) is 14.6. The molecule has 0 saturated heterocycles. The van der Waals surface area contributed by atoms with Gasteiger partial charge < -0.3 is 27.0 Å². The Kier molecular flexibility index (Phi) is 13.5. The highest BCUT2D eigenvalue weighted by Crippen LogP contribution is 2.15. The van der Waals surface area contributed by atoms with Gasteiger partial charge in [-0.05, 0) is 55.2 Å². The smallest absolute Gasteiger partial charge is 0.312 e. The monoisotopic (exact) mass is 602 g/mol. The van der Waals surface area contributed by atoms with E-state index in [1.165, 1.54) is 0 Å². The number of hydrogen-bond acceptors (Lipinski definition) is 7. The molecule has 1 aliphatic heterocycles. The molecule has 1 aromatic rings. The molecule has 3 atom stereocenters. The van der Waals surface area contributed by atoms with Gasteiger partial charge in [-0.15, -0.1) is 0 Å². The molecule has 0 saturated carbocycles. The minimum Gasteiger partial charge on any atom is -0.352 e. The van der Waals surface area contributed by atoms with Crippen molar-refractivity contribution in [3.8, 4) is 0 Å². The van der Waals surface area contributed by atoms with E-state index in [4.69, 9.17) is 5.73 Å². The maximum Gasteiger partial charge on any atom is 0.312 e. The summed E-state index contributed by atoms with van der Waals surface area (Å²) in [7, 11) is 0. The van der Waals surface area contributed by atoms with Crippen molar-refractivity contribution in [3.63, 3.8) is 0 Å². The number of imide groups is 1. The van der Waals surface area contributed by atoms with Crippen LogP contribution in [0.3, 0.4) is 0 Å². The fourth-order valence-electron chi connectivity index (χ4n) is 4.29. The number of benzene rings is 1. The van der Waals surface area contributed by atoms with E-state index < -0.39 is 52.9 Å². The lowest BCUT2D eigenvalue weighted by Gasteiger charge is -2.26. The van der Waals surface area contributed by atoms with Crippen LogP contribution in [0.25, 0.3) is 0 Å². The second kappa shape index (κ2) is 16.5. The van der Waals surface area contributed by atoms with E-state index in [2.05, 4.69) is 47.7 Å². The minimum atomic E-state index is -0.988. The summed E-state index contributed by atoms with van der Waals surface area (Å²) in [5, 5.41) is 9.81. The predicted octanol–water partition coefficient (Wildman–Crippen LogP) is 1.51. The lowest BCUT2D eigenvalue weighted by Crippen LogP contribution is -2.55. The van der Waals surface area contributed by atoms with Crippen molar-refractivity contribution < 1.29 is 28.8 Å². The summed E-state index contributed by atoms with van der Waals surface area (Å²) in [6, 6.07) is 4.82. The number of nitrogens with one attached hydrogen (secondary N) is 4. The van der Waals surface area contributed by atoms with Crippen LogP contribution >= 0.6 is 12.6 Å². The van der Waals surface area contributed by atoms with Gasteiger partial charge in [0, 0.05) is 30.9 Å². The van der Waals surface area contributed by atoms with Gasteiger partial charge in [-0.1, -0.05) is 39.8 Å². The van der Waals surface area contributed by atoms with Crippen molar-refractivity contribution >= 4 is 53.9 Å². The number of nitrogens with two attached hydrogens (primary N) is 1. The molecule has 0 fully saturated rings. The van der Waals surface area contributed by atoms with Crippen LogP contribution in [0.2, 0.25) is 0 Å². The summed E-state index contributed by atoms with van der Waals surface area (Å²) in [6.07, 6.45) is 3.87. The number of nitrogens with zero attached hydrogens (tertiary/aromatic N) is 1. The molecule has 0 aromatic heterocycles. The molecule has 42 heavy (non-hydrogen) atoms. The van der Waals surface area contributed by atoms with Crippen LogP contribution in [0.1, 0.15) is 52.5 Å². The Bertz CT molecular complexity index is 1150. The van der Waals surface area contributed by atoms with Gasteiger partial charge in [0.15, 0.2) is 0 Å². The molecule has 1 heterocycles. The molecule has 0 bridgehead atoms. The average Bonchev–Trinajstić information content (AvgIpc) is 3.24. The lowest BCUT2D eigenvalue weighted by molar-refractivity contribution is -0.137. The van der Waals surface area contributed by atoms with E-state index >= 15 is 0 Å². The number of urea groups is 1.